The van der Waals surface area contributed by atoms with Gasteiger partial charge in [-0.2, -0.15) is 0 Å². The number of tetrazole rings is 1. The summed E-state index contributed by atoms with van der Waals surface area (Å²) in [5, 5.41) is 12.0. The number of aromatic nitrogens is 4. The summed E-state index contributed by atoms with van der Waals surface area (Å²) in [4.78, 5) is 0. The van der Waals surface area contributed by atoms with Crippen molar-refractivity contribution in [3.05, 3.63) is 59.7 Å². The Morgan fingerprint density at radius 2 is 1.90 bits per heavy atom. The minimum Gasteiger partial charge on any atom is -0.399 e. The number of rotatable bonds is 4. The van der Waals surface area contributed by atoms with Gasteiger partial charge >= 0.3 is 0 Å². The molecule has 5 nitrogen and oxygen atoms in total. The molecular weight excluding hydrogens is 262 g/mol. The van der Waals surface area contributed by atoms with Crippen LogP contribution in [0.15, 0.2) is 48.5 Å². The van der Waals surface area contributed by atoms with Crippen LogP contribution in [-0.4, -0.2) is 20.2 Å². The second-order valence-electron chi connectivity index (χ2n) is 5.03. The zero-order valence-corrected chi connectivity index (χ0v) is 11.9. The van der Waals surface area contributed by atoms with Crippen molar-refractivity contribution in [1.29, 1.82) is 0 Å². The molecule has 21 heavy (non-hydrogen) atoms. The van der Waals surface area contributed by atoms with E-state index in [0.29, 0.717) is 0 Å². The highest BCUT2D eigenvalue weighted by Gasteiger charge is 2.09. The second kappa shape index (κ2) is 5.75. The van der Waals surface area contributed by atoms with Crippen LogP contribution in [0, 0.1) is 6.92 Å². The highest BCUT2D eigenvalue weighted by atomic mass is 15.5. The molecule has 3 rings (SSSR count). The van der Waals surface area contributed by atoms with E-state index in [-0.39, 0.29) is 0 Å². The quantitative estimate of drug-likeness (QED) is 0.745. The molecule has 0 bridgehead atoms. The van der Waals surface area contributed by atoms with E-state index in [9.17, 15) is 0 Å². The molecule has 0 aliphatic heterocycles. The lowest BCUT2D eigenvalue weighted by Crippen LogP contribution is -2.06. The van der Waals surface area contributed by atoms with Crippen LogP contribution in [0.3, 0.4) is 0 Å². The Labute approximate surface area is 123 Å². The Hall–Kier alpha value is -2.69. The van der Waals surface area contributed by atoms with Gasteiger partial charge in [-0.05, 0) is 53.1 Å². The van der Waals surface area contributed by atoms with Crippen LogP contribution in [0.5, 0.6) is 0 Å². The molecule has 2 aromatic carbocycles. The van der Waals surface area contributed by atoms with Gasteiger partial charge in [-0.1, -0.05) is 30.3 Å². The lowest BCUT2D eigenvalue weighted by molar-refractivity contribution is 0.594. The molecule has 0 spiro atoms. The van der Waals surface area contributed by atoms with Crippen LogP contribution in [0.25, 0.3) is 11.4 Å². The van der Waals surface area contributed by atoms with Crippen molar-refractivity contribution in [1.82, 2.24) is 20.2 Å². The number of hydrogen-bond acceptors (Lipinski definition) is 4. The van der Waals surface area contributed by atoms with E-state index in [2.05, 4.69) is 27.7 Å². The normalized spacial score (nSPS) is 10.7. The molecule has 106 valence electrons. The average Bonchev–Trinajstić information content (AvgIpc) is 2.97. The predicted molar refractivity (Wildman–Crippen MR) is 82.5 cm³/mol. The number of benzene rings is 2. The van der Waals surface area contributed by atoms with Gasteiger partial charge < -0.3 is 5.73 Å². The zero-order chi connectivity index (χ0) is 14.7. The van der Waals surface area contributed by atoms with E-state index in [4.69, 9.17) is 5.73 Å². The minimum absolute atomic E-state index is 0.746. The second-order valence-corrected chi connectivity index (χ2v) is 5.03. The number of nitrogens with zero attached hydrogens (tertiary/aromatic N) is 4. The summed E-state index contributed by atoms with van der Waals surface area (Å²) in [5.74, 6) is 0.772. The SMILES string of the molecule is Cc1cc(-c2nnnn2CCc2ccccc2)ccc1N. The lowest BCUT2D eigenvalue weighted by Gasteiger charge is -2.07. The predicted octanol–water partition coefficient (Wildman–Crippen LogP) is 2.47. The van der Waals surface area contributed by atoms with E-state index in [1.807, 2.05) is 48.0 Å². The van der Waals surface area contributed by atoms with Crippen molar-refractivity contribution < 1.29 is 0 Å². The molecule has 3 aromatic rings. The van der Waals surface area contributed by atoms with Gasteiger partial charge in [0.1, 0.15) is 0 Å². The van der Waals surface area contributed by atoms with E-state index in [1.54, 1.807) is 0 Å². The van der Waals surface area contributed by atoms with Crippen LogP contribution in [0.2, 0.25) is 0 Å². The van der Waals surface area contributed by atoms with Crippen molar-refractivity contribution >= 4 is 5.69 Å². The van der Waals surface area contributed by atoms with Gasteiger partial charge in [0.15, 0.2) is 5.82 Å². The molecular formula is C16H17N5. The Morgan fingerprint density at radius 1 is 1.10 bits per heavy atom. The zero-order valence-electron chi connectivity index (χ0n) is 11.9. The van der Waals surface area contributed by atoms with Crippen LogP contribution in [0.4, 0.5) is 5.69 Å². The molecule has 0 fully saturated rings. The maximum atomic E-state index is 5.86. The van der Waals surface area contributed by atoms with Gasteiger partial charge in [0.2, 0.25) is 0 Å². The molecule has 0 saturated heterocycles. The fourth-order valence-corrected chi connectivity index (χ4v) is 2.26. The fourth-order valence-electron chi connectivity index (χ4n) is 2.26. The summed E-state index contributed by atoms with van der Waals surface area (Å²) in [5.41, 5.74) is 9.93. The van der Waals surface area contributed by atoms with Crippen LogP contribution in [0.1, 0.15) is 11.1 Å². The van der Waals surface area contributed by atoms with Crippen molar-refractivity contribution in [3.63, 3.8) is 0 Å². The number of anilines is 1. The van der Waals surface area contributed by atoms with E-state index in [1.165, 1.54) is 5.56 Å². The molecule has 5 heteroatoms. The van der Waals surface area contributed by atoms with Crippen LogP contribution >= 0.6 is 0 Å². The smallest absolute Gasteiger partial charge is 0.182 e. The van der Waals surface area contributed by atoms with Crippen LogP contribution in [-0.2, 0) is 13.0 Å². The van der Waals surface area contributed by atoms with Gasteiger partial charge in [0.05, 0.1) is 0 Å². The van der Waals surface area contributed by atoms with Crippen molar-refractivity contribution in [2.24, 2.45) is 0 Å². The molecule has 0 aliphatic carbocycles. The Morgan fingerprint density at radius 3 is 2.67 bits per heavy atom. The highest BCUT2D eigenvalue weighted by Crippen LogP contribution is 2.21. The van der Waals surface area contributed by atoms with Crippen molar-refractivity contribution in [3.8, 4) is 11.4 Å². The molecule has 2 N–H and O–H groups in total. The standard InChI is InChI=1S/C16H17N5/c1-12-11-14(7-8-15(12)17)16-18-19-20-21(16)10-9-13-5-3-2-4-6-13/h2-8,11H,9-10,17H2,1H3. The maximum Gasteiger partial charge on any atom is 0.182 e. The van der Waals surface area contributed by atoms with Crippen LogP contribution < -0.4 is 5.73 Å². The Bertz CT molecular complexity index is 733. The van der Waals surface area contributed by atoms with E-state index < -0.39 is 0 Å². The van der Waals surface area contributed by atoms with Gasteiger partial charge in [0, 0.05) is 17.8 Å². The first-order valence-electron chi connectivity index (χ1n) is 6.90. The fraction of sp³-hybridized carbons (Fsp3) is 0.188. The molecule has 0 aliphatic rings. The number of hydrogen-bond donors (Lipinski definition) is 1. The van der Waals surface area contributed by atoms with Gasteiger partial charge in [-0.3, -0.25) is 0 Å². The molecule has 0 unspecified atom stereocenters. The number of nitrogen functional groups attached to an aromatic ring is 1. The molecule has 0 saturated carbocycles. The Kier molecular flexibility index (Phi) is 3.64. The molecule has 0 radical (unpaired) electrons. The summed E-state index contributed by atoms with van der Waals surface area (Å²) < 4.78 is 1.83. The van der Waals surface area contributed by atoms with E-state index in [0.717, 1.165) is 35.6 Å². The molecule has 0 atom stereocenters. The first kappa shape index (κ1) is 13.3. The molecule has 0 amide bonds. The lowest BCUT2D eigenvalue weighted by atomic mass is 10.1. The van der Waals surface area contributed by atoms with Gasteiger partial charge in [-0.25, -0.2) is 4.68 Å². The van der Waals surface area contributed by atoms with Crippen molar-refractivity contribution in [2.75, 3.05) is 5.73 Å². The third-order valence-corrected chi connectivity index (χ3v) is 3.52. The maximum absolute atomic E-state index is 5.86. The largest absolute Gasteiger partial charge is 0.399 e. The van der Waals surface area contributed by atoms with E-state index >= 15 is 0 Å². The average molecular weight is 279 g/mol. The van der Waals surface area contributed by atoms with Gasteiger partial charge in [0.25, 0.3) is 0 Å². The monoisotopic (exact) mass is 279 g/mol. The van der Waals surface area contributed by atoms with Crippen molar-refractivity contribution in [2.45, 2.75) is 19.9 Å². The first-order chi connectivity index (χ1) is 10.2. The highest BCUT2D eigenvalue weighted by molar-refractivity contribution is 5.61. The summed E-state index contributed by atoms with van der Waals surface area (Å²) in [6, 6.07) is 16.2. The third kappa shape index (κ3) is 2.91. The number of aryl methyl sites for hydroxylation is 3. The topological polar surface area (TPSA) is 69.6 Å². The number of nitrogens with two attached hydrogens (primary N) is 1. The Balaban J connectivity index is 1.82. The summed E-state index contributed by atoms with van der Waals surface area (Å²) in [6.45, 7) is 2.73. The summed E-state index contributed by atoms with van der Waals surface area (Å²) in [7, 11) is 0. The summed E-state index contributed by atoms with van der Waals surface area (Å²) >= 11 is 0. The molecule has 1 aromatic heterocycles. The minimum atomic E-state index is 0.746. The van der Waals surface area contributed by atoms with Gasteiger partial charge in [-0.15, -0.1) is 5.10 Å². The molecule has 1 heterocycles. The third-order valence-electron chi connectivity index (χ3n) is 3.52. The first-order valence-corrected chi connectivity index (χ1v) is 6.90. The summed E-state index contributed by atoms with van der Waals surface area (Å²) in [6.07, 6.45) is 0.896.